The average Bonchev–Trinajstić information content (AvgIpc) is 2.69. The first-order valence-electron chi connectivity index (χ1n) is 10.4. The van der Waals surface area contributed by atoms with Crippen LogP contribution in [0.3, 0.4) is 0 Å². The fourth-order valence-corrected chi connectivity index (χ4v) is 4.00. The molecule has 156 valence electrons. The lowest BCUT2D eigenvalue weighted by atomic mass is 9.79. The van der Waals surface area contributed by atoms with Crippen molar-refractivity contribution in [2.24, 2.45) is 5.92 Å². The van der Waals surface area contributed by atoms with Crippen LogP contribution in [0.15, 0.2) is 54.6 Å². The van der Waals surface area contributed by atoms with E-state index in [-0.39, 0.29) is 17.8 Å². The van der Waals surface area contributed by atoms with Crippen LogP contribution in [0.5, 0.6) is 0 Å². The Labute approximate surface area is 172 Å². The predicted molar refractivity (Wildman–Crippen MR) is 113 cm³/mol. The Bertz CT molecular complexity index is 803. The third-order valence-electron chi connectivity index (χ3n) is 5.81. The summed E-state index contributed by atoms with van der Waals surface area (Å²) in [7, 11) is 0. The lowest BCUT2D eigenvalue weighted by Crippen LogP contribution is -2.62. The quantitative estimate of drug-likeness (QED) is 0.768. The highest BCUT2D eigenvalue weighted by Crippen LogP contribution is 2.37. The summed E-state index contributed by atoms with van der Waals surface area (Å²) >= 11 is 0. The summed E-state index contributed by atoms with van der Waals surface area (Å²) in [6, 6.07) is 14.9. The van der Waals surface area contributed by atoms with E-state index in [1.54, 1.807) is 6.92 Å². The van der Waals surface area contributed by atoms with Gasteiger partial charge in [-0.25, -0.2) is 4.39 Å². The van der Waals surface area contributed by atoms with Crippen molar-refractivity contribution >= 4 is 5.91 Å². The van der Waals surface area contributed by atoms with Gasteiger partial charge >= 0.3 is 0 Å². The van der Waals surface area contributed by atoms with Crippen LogP contribution >= 0.6 is 0 Å². The number of rotatable bonds is 6. The van der Waals surface area contributed by atoms with Crippen molar-refractivity contribution in [1.82, 2.24) is 10.2 Å². The van der Waals surface area contributed by atoms with Crippen molar-refractivity contribution in [3.63, 3.8) is 0 Å². The van der Waals surface area contributed by atoms with Gasteiger partial charge in [-0.2, -0.15) is 0 Å². The van der Waals surface area contributed by atoms with Gasteiger partial charge in [-0.1, -0.05) is 44.2 Å². The fraction of sp³-hybridized carbons (Fsp3) is 0.458. The lowest BCUT2D eigenvalue weighted by Gasteiger charge is -2.49. The van der Waals surface area contributed by atoms with Crippen LogP contribution in [0.4, 0.5) is 4.39 Å². The topological polar surface area (TPSA) is 52.6 Å². The van der Waals surface area contributed by atoms with Crippen LogP contribution in [-0.4, -0.2) is 40.6 Å². The zero-order valence-corrected chi connectivity index (χ0v) is 17.4. The number of piperidine rings is 1. The molecule has 0 spiro atoms. The fourth-order valence-electron chi connectivity index (χ4n) is 4.00. The van der Waals surface area contributed by atoms with Gasteiger partial charge in [0.15, 0.2) is 0 Å². The summed E-state index contributed by atoms with van der Waals surface area (Å²) in [5.41, 5.74) is 0.402. The summed E-state index contributed by atoms with van der Waals surface area (Å²) < 4.78 is 13.2. The number of likely N-dealkylation sites (tertiary alicyclic amines) is 1. The molecule has 0 bridgehead atoms. The predicted octanol–water partition coefficient (Wildman–Crippen LogP) is 4.17. The van der Waals surface area contributed by atoms with E-state index in [0.29, 0.717) is 17.9 Å². The summed E-state index contributed by atoms with van der Waals surface area (Å²) in [5.74, 6) is -0.115. The minimum atomic E-state index is -1.05. The third-order valence-corrected chi connectivity index (χ3v) is 5.81. The molecule has 0 saturated carbocycles. The molecule has 0 aromatic heterocycles. The van der Waals surface area contributed by atoms with E-state index < -0.39 is 11.6 Å². The van der Waals surface area contributed by atoms with E-state index in [9.17, 15) is 14.3 Å². The number of carbonyl (C=O) groups is 1. The number of halogens is 1. The molecule has 5 heteroatoms. The second-order valence-electron chi connectivity index (χ2n) is 8.64. The van der Waals surface area contributed by atoms with E-state index in [0.717, 1.165) is 25.1 Å². The SMILES string of the molecule is CC(C)CCN1CCC(C)(O)C(NC(=O)c2ccc(F)cc2)C1c1ccccc1. The van der Waals surface area contributed by atoms with Crippen molar-refractivity contribution < 1.29 is 14.3 Å². The number of amides is 1. The van der Waals surface area contributed by atoms with Gasteiger partial charge in [-0.15, -0.1) is 0 Å². The van der Waals surface area contributed by atoms with Gasteiger partial charge in [-0.05, 0) is 62.1 Å². The Morgan fingerprint density at radius 2 is 1.86 bits per heavy atom. The Morgan fingerprint density at radius 1 is 1.21 bits per heavy atom. The third kappa shape index (κ3) is 5.22. The monoisotopic (exact) mass is 398 g/mol. The Balaban J connectivity index is 1.91. The van der Waals surface area contributed by atoms with Crippen LogP contribution in [0.1, 0.15) is 55.6 Å². The molecule has 29 heavy (non-hydrogen) atoms. The Morgan fingerprint density at radius 3 is 2.48 bits per heavy atom. The van der Waals surface area contributed by atoms with Crippen LogP contribution in [0.2, 0.25) is 0 Å². The van der Waals surface area contributed by atoms with Crippen molar-refractivity contribution in [2.45, 2.75) is 51.3 Å². The normalized spacial score (nSPS) is 25.2. The van der Waals surface area contributed by atoms with Crippen molar-refractivity contribution in [3.05, 3.63) is 71.5 Å². The molecule has 2 aromatic rings. The van der Waals surface area contributed by atoms with Crippen molar-refractivity contribution in [2.75, 3.05) is 13.1 Å². The number of hydrogen-bond acceptors (Lipinski definition) is 3. The van der Waals surface area contributed by atoms with Gasteiger partial charge in [0.25, 0.3) is 5.91 Å². The van der Waals surface area contributed by atoms with Gasteiger partial charge < -0.3 is 10.4 Å². The molecule has 1 aliphatic rings. The lowest BCUT2D eigenvalue weighted by molar-refractivity contribution is -0.0647. The molecule has 1 aliphatic heterocycles. The molecule has 1 fully saturated rings. The zero-order chi connectivity index (χ0) is 21.0. The Hall–Kier alpha value is -2.24. The van der Waals surface area contributed by atoms with E-state index in [4.69, 9.17) is 0 Å². The van der Waals surface area contributed by atoms with Crippen LogP contribution in [0, 0.1) is 11.7 Å². The maximum atomic E-state index is 13.2. The average molecular weight is 399 g/mol. The number of nitrogens with one attached hydrogen (secondary N) is 1. The smallest absolute Gasteiger partial charge is 0.251 e. The molecular formula is C24H31FN2O2. The Kier molecular flexibility index (Phi) is 6.70. The van der Waals surface area contributed by atoms with E-state index in [1.165, 1.54) is 24.3 Å². The molecule has 1 heterocycles. The summed E-state index contributed by atoms with van der Waals surface area (Å²) in [6.45, 7) is 7.85. The molecule has 4 nitrogen and oxygen atoms in total. The highest BCUT2D eigenvalue weighted by molar-refractivity contribution is 5.94. The second-order valence-corrected chi connectivity index (χ2v) is 8.64. The molecule has 2 N–H and O–H groups in total. The zero-order valence-electron chi connectivity index (χ0n) is 17.4. The largest absolute Gasteiger partial charge is 0.388 e. The van der Waals surface area contributed by atoms with Gasteiger partial charge in [0.1, 0.15) is 5.82 Å². The highest BCUT2D eigenvalue weighted by atomic mass is 19.1. The number of aliphatic hydroxyl groups is 1. The summed E-state index contributed by atoms with van der Waals surface area (Å²) in [6.07, 6.45) is 1.62. The van der Waals surface area contributed by atoms with E-state index in [1.807, 2.05) is 30.3 Å². The molecule has 1 saturated heterocycles. The summed E-state index contributed by atoms with van der Waals surface area (Å²) in [4.78, 5) is 15.3. The van der Waals surface area contributed by atoms with E-state index in [2.05, 4.69) is 24.1 Å². The standard InChI is InChI=1S/C24H31FN2O2/c1-17(2)13-15-27-16-14-24(3,29)22(21(27)18-7-5-4-6-8-18)26-23(28)19-9-11-20(25)12-10-19/h4-12,17,21-22,29H,13-16H2,1-3H3,(H,26,28). The van der Waals surface area contributed by atoms with Gasteiger partial charge in [0.2, 0.25) is 0 Å². The van der Waals surface area contributed by atoms with E-state index >= 15 is 0 Å². The minimum Gasteiger partial charge on any atom is -0.388 e. The molecular weight excluding hydrogens is 367 g/mol. The molecule has 0 aliphatic carbocycles. The van der Waals surface area contributed by atoms with Gasteiger partial charge in [-0.3, -0.25) is 9.69 Å². The van der Waals surface area contributed by atoms with Crippen LogP contribution in [0.25, 0.3) is 0 Å². The van der Waals surface area contributed by atoms with Gasteiger partial charge in [0, 0.05) is 12.1 Å². The molecule has 1 amide bonds. The first-order valence-corrected chi connectivity index (χ1v) is 10.4. The molecule has 3 unspecified atom stereocenters. The number of benzene rings is 2. The van der Waals surface area contributed by atoms with Crippen LogP contribution in [-0.2, 0) is 0 Å². The number of hydrogen-bond donors (Lipinski definition) is 2. The number of nitrogens with zero attached hydrogens (tertiary/aromatic N) is 1. The summed E-state index contributed by atoms with van der Waals surface area (Å²) in [5, 5.41) is 14.3. The number of carbonyl (C=O) groups excluding carboxylic acids is 1. The first-order chi connectivity index (χ1) is 13.8. The highest BCUT2D eigenvalue weighted by Gasteiger charge is 2.46. The second kappa shape index (κ2) is 9.06. The van der Waals surface area contributed by atoms with Crippen molar-refractivity contribution in [1.29, 1.82) is 0 Å². The molecule has 3 rings (SSSR count). The molecule has 2 aromatic carbocycles. The van der Waals surface area contributed by atoms with Crippen molar-refractivity contribution in [3.8, 4) is 0 Å². The molecule has 0 radical (unpaired) electrons. The van der Waals surface area contributed by atoms with Gasteiger partial charge in [0.05, 0.1) is 17.7 Å². The minimum absolute atomic E-state index is 0.136. The maximum absolute atomic E-state index is 13.2. The maximum Gasteiger partial charge on any atom is 0.251 e. The first kappa shape index (κ1) is 21.5. The molecule has 3 atom stereocenters. The van der Waals surface area contributed by atoms with Crippen LogP contribution < -0.4 is 5.32 Å².